The predicted molar refractivity (Wildman–Crippen MR) is 162 cm³/mol. The number of nitrogens with zero attached hydrogens (tertiary/aromatic N) is 4. The zero-order valence-corrected chi connectivity index (χ0v) is 24.4. The van der Waals surface area contributed by atoms with Gasteiger partial charge in [0.05, 0.1) is 11.6 Å². The van der Waals surface area contributed by atoms with E-state index in [0.717, 1.165) is 56.1 Å². The number of rotatable bonds is 7. The lowest BCUT2D eigenvalue weighted by molar-refractivity contribution is 0.181. The first kappa shape index (κ1) is 26.7. The maximum atomic E-state index is 16.8. The zero-order chi connectivity index (χ0) is 28.5. The van der Waals surface area contributed by atoms with Gasteiger partial charge in [0.1, 0.15) is 17.1 Å². The van der Waals surface area contributed by atoms with Gasteiger partial charge in [-0.3, -0.25) is 0 Å². The number of aromatic hydroxyl groups is 1. The molecule has 2 N–H and O–H groups in total. The molecule has 0 spiro atoms. The minimum Gasteiger partial charge on any atom is -0.508 e. The van der Waals surface area contributed by atoms with E-state index >= 15 is 4.39 Å². The Morgan fingerprint density at radius 3 is 2.66 bits per heavy atom. The van der Waals surface area contributed by atoms with Crippen LogP contribution in [0.3, 0.4) is 0 Å². The van der Waals surface area contributed by atoms with E-state index in [1.807, 2.05) is 24.3 Å². The number of hydrogen-bond donors (Lipinski definition) is 2. The van der Waals surface area contributed by atoms with Gasteiger partial charge < -0.3 is 25.0 Å². The number of fused-ring (bicyclic) bond motifs is 5. The molecule has 2 bridgehead atoms. The predicted octanol–water partition coefficient (Wildman–Crippen LogP) is 6.00. The Bertz CT molecular complexity index is 1670. The number of ether oxygens (including phenoxy) is 1. The molecular weight excluding hydrogens is 541 g/mol. The average Bonchev–Trinajstić information content (AvgIpc) is 3.70. The number of piperidine rings is 2. The molecule has 0 unspecified atom stereocenters. The molecule has 2 atom stereocenters. The molecule has 41 heavy (non-hydrogen) atoms. The largest absolute Gasteiger partial charge is 0.508 e. The molecule has 8 rings (SSSR count). The van der Waals surface area contributed by atoms with Gasteiger partial charge in [-0.2, -0.15) is 9.97 Å². The Hall–Kier alpha value is -3.20. The fourth-order valence-corrected chi connectivity index (χ4v) is 7.09. The Morgan fingerprint density at radius 1 is 1.15 bits per heavy atom. The molecule has 1 saturated carbocycles. The zero-order valence-electron chi connectivity index (χ0n) is 23.7. The van der Waals surface area contributed by atoms with Crippen LogP contribution in [-0.4, -0.2) is 71.9 Å². The Morgan fingerprint density at radius 2 is 1.95 bits per heavy atom. The van der Waals surface area contributed by atoms with Gasteiger partial charge in [-0.1, -0.05) is 35.9 Å². The number of phenols is 1. The van der Waals surface area contributed by atoms with Crippen LogP contribution in [0, 0.1) is 11.2 Å². The van der Waals surface area contributed by atoms with Gasteiger partial charge in [0.2, 0.25) is 0 Å². The summed E-state index contributed by atoms with van der Waals surface area (Å²) in [6.45, 7) is 5.23. The third kappa shape index (κ3) is 4.76. The molecule has 1 aliphatic carbocycles. The minimum absolute atomic E-state index is 0.0421. The van der Waals surface area contributed by atoms with Gasteiger partial charge in [-0.15, -0.1) is 0 Å². The van der Waals surface area contributed by atoms with E-state index in [4.69, 9.17) is 21.3 Å². The highest BCUT2D eigenvalue weighted by atomic mass is 35.5. The van der Waals surface area contributed by atoms with Crippen molar-refractivity contribution in [3.63, 3.8) is 0 Å². The van der Waals surface area contributed by atoms with Gasteiger partial charge >= 0.3 is 6.01 Å². The Balaban J connectivity index is 1.39. The highest BCUT2D eigenvalue weighted by Gasteiger charge is 2.45. The van der Waals surface area contributed by atoms with Crippen LogP contribution in [0.1, 0.15) is 32.6 Å². The Labute approximate surface area is 244 Å². The van der Waals surface area contributed by atoms with Crippen LogP contribution in [0.2, 0.25) is 5.02 Å². The molecule has 4 fully saturated rings. The Kier molecular flexibility index (Phi) is 6.30. The second kappa shape index (κ2) is 9.68. The van der Waals surface area contributed by atoms with Crippen LogP contribution in [0.15, 0.2) is 42.5 Å². The summed E-state index contributed by atoms with van der Waals surface area (Å²) in [5.41, 5.74) is 0.938. The van der Waals surface area contributed by atoms with E-state index in [1.165, 1.54) is 0 Å². The molecular formula is C32H35ClFN5O2. The molecule has 214 valence electrons. The van der Waals surface area contributed by atoms with Crippen molar-refractivity contribution < 1.29 is 14.2 Å². The van der Waals surface area contributed by atoms with Crippen LogP contribution in [-0.2, 0) is 0 Å². The van der Waals surface area contributed by atoms with E-state index in [0.29, 0.717) is 23.4 Å². The minimum atomic E-state index is -0.544. The summed E-state index contributed by atoms with van der Waals surface area (Å²) in [5, 5.41) is 16.6. The lowest BCUT2D eigenvalue weighted by Crippen LogP contribution is -2.67. The molecule has 4 aromatic rings. The van der Waals surface area contributed by atoms with E-state index in [2.05, 4.69) is 41.1 Å². The summed E-state index contributed by atoms with van der Waals surface area (Å²) >= 11 is 6.89. The van der Waals surface area contributed by atoms with Crippen molar-refractivity contribution in [2.75, 3.05) is 45.2 Å². The third-order valence-electron chi connectivity index (χ3n) is 9.10. The highest BCUT2D eigenvalue weighted by molar-refractivity contribution is 6.35. The number of halogens is 2. The van der Waals surface area contributed by atoms with Crippen LogP contribution >= 0.6 is 11.6 Å². The van der Waals surface area contributed by atoms with Crippen molar-refractivity contribution in [3.8, 4) is 22.9 Å². The SMILES string of the molecule is CN(C)CC1(COc2nc(N3C[C@@]4(C)CC[C@H]3CN4)c3cc(Cl)c(-c4cc(O)cc5ccccc45)c(F)c3n2)CC1. The van der Waals surface area contributed by atoms with Gasteiger partial charge in [0.25, 0.3) is 0 Å². The van der Waals surface area contributed by atoms with Crippen molar-refractivity contribution >= 4 is 39.1 Å². The summed E-state index contributed by atoms with van der Waals surface area (Å²) in [6.07, 6.45) is 4.28. The molecule has 0 amide bonds. The molecule has 1 aromatic heterocycles. The number of phenolic OH excluding ortho intramolecular Hbond substituents is 1. The molecule has 9 heteroatoms. The molecule has 0 radical (unpaired) electrons. The fraction of sp³-hybridized carbons (Fsp3) is 0.438. The molecule has 3 aliphatic heterocycles. The van der Waals surface area contributed by atoms with Crippen molar-refractivity contribution in [3.05, 3.63) is 53.3 Å². The van der Waals surface area contributed by atoms with Gasteiger partial charge in [0.15, 0.2) is 5.82 Å². The molecule has 3 aromatic carbocycles. The van der Waals surface area contributed by atoms with Gasteiger partial charge in [-0.05, 0) is 81.2 Å². The number of hydrogen-bond acceptors (Lipinski definition) is 7. The molecule has 4 heterocycles. The number of anilines is 1. The van der Waals surface area contributed by atoms with Gasteiger partial charge in [-0.25, -0.2) is 4.39 Å². The first-order valence-electron chi connectivity index (χ1n) is 14.3. The van der Waals surface area contributed by atoms with Crippen molar-refractivity contribution in [1.82, 2.24) is 20.2 Å². The first-order chi connectivity index (χ1) is 19.6. The first-order valence-corrected chi connectivity index (χ1v) is 14.7. The topological polar surface area (TPSA) is 73.8 Å². The van der Waals surface area contributed by atoms with Crippen LogP contribution in [0.25, 0.3) is 32.8 Å². The lowest BCUT2D eigenvalue weighted by Gasteiger charge is -2.52. The number of nitrogens with one attached hydrogen (secondary N) is 1. The quantitative estimate of drug-likeness (QED) is 0.280. The maximum Gasteiger partial charge on any atom is 0.319 e. The van der Waals surface area contributed by atoms with Gasteiger partial charge in [0, 0.05) is 47.6 Å². The average molecular weight is 576 g/mol. The maximum absolute atomic E-state index is 16.8. The number of benzene rings is 3. The summed E-state index contributed by atoms with van der Waals surface area (Å²) in [4.78, 5) is 14.0. The van der Waals surface area contributed by atoms with E-state index in [9.17, 15) is 5.11 Å². The second-order valence-corrected chi connectivity index (χ2v) is 13.2. The monoisotopic (exact) mass is 575 g/mol. The van der Waals surface area contributed by atoms with E-state index < -0.39 is 5.82 Å². The summed E-state index contributed by atoms with van der Waals surface area (Å²) in [5.74, 6) is 0.160. The van der Waals surface area contributed by atoms with Crippen LogP contribution < -0.4 is 15.0 Å². The fourth-order valence-electron chi connectivity index (χ4n) is 6.80. The second-order valence-electron chi connectivity index (χ2n) is 12.8. The number of aromatic nitrogens is 2. The molecule has 7 nitrogen and oxygen atoms in total. The normalized spacial score (nSPS) is 23.1. The highest BCUT2D eigenvalue weighted by Crippen LogP contribution is 2.47. The molecule has 4 aliphatic rings. The van der Waals surface area contributed by atoms with Crippen molar-refractivity contribution in [2.24, 2.45) is 5.41 Å². The standard InChI is InChI=1S/C32H35ClFN5O2/c1-31-9-8-20(15-35-31)39(16-31)29-24-14-25(33)26(23-13-21(40)12-19-6-4-5-7-22(19)23)27(34)28(24)36-30(37-29)41-18-32(10-11-32)17-38(2)3/h4-7,12-14,20,35,40H,8-11,15-18H2,1-3H3/t20-,31+/m0/s1. The lowest BCUT2D eigenvalue weighted by atomic mass is 9.82. The van der Waals surface area contributed by atoms with Crippen molar-refractivity contribution in [1.29, 1.82) is 0 Å². The van der Waals surface area contributed by atoms with Crippen LogP contribution in [0.5, 0.6) is 11.8 Å². The summed E-state index contributed by atoms with van der Waals surface area (Å²) in [6, 6.07) is 13.0. The van der Waals surface area contributed by atoms with E-state index in [1.54, 1.807) is 18.2 Å². The number of piperazine rings is 1. The molecule has 3 saturated heterocycles. The van der Waals surface area contributed by atoms with Crippen LogP contribution in [0.4, 0.5) is 10.2 Å². The smallest absolute Gasteiger partial charge is 0.319 e. The third-order valence-corrected chi connectivity index (χ3v) is 9.40. The summed E-state index contributed by atoms with van der Waals surface area (Å²) in [7, 11) is 4.13. The van der Waals surface area contributed by atoms with Crippen molar-refractivity contribution in [2.45, 2.75) is 44.2 Å². The van der Waals surface area contributed by atoms with E-state index in [-0.39, 0.29) is 44.9 Å². The summed E-state index contributed by atoms with van der Waals surface area (Å²) < 4.78 is 23.0.